The van der Waals surface area contributed by atoms with E-state index in [0.717, 1.165) is 27.4 Å². The Balaban J connectivity index is 2.07. The molecule has 0 unspecified atom stereocenters. The zero-order valence-electron chi connectivity index (χ0n) is 10.9. The first kappa shape index (κ1) is 12.8. The van der Waals surface area contributed by atoms with Crippen LogP contribution in [0.5, 0.6) is 0 Å². The second kappa shape index (κ2) is 5.06. The Kier molecular flexibility index (Phi) is 3.24. The van der Waals surface area contributed by atoms with E-state index in [-0.39, 0.29) is 5.82 Å². The van der Waals surface area contributed by atoms with E-state index >= 15 is 0 Å². The number of aromatic nitrogens is 1. The van der Waals surface area contributed by atoms with E-state index in [0.29, 0.717) is 5.69 Å². The van der Waals surface area contributed by atoms with Gasteiger partial charge in [0, 0.05) is 22.2 Å². The van der Waals surface area contributed by atoms with Gasteiger partial charge in [-0.05, 0) is 30.7 Å². The summed E-state index contributed by atoms with van der Waals surface area (Å²) in [5, 5.41) is 2.76. The number of aryl methyl sites for hydroxylation is 1. The predicted octanol–water partition coefficient (Wildman–Crippen LogP) is 4.51. The number of nitrogen functional groups attached to an aromatic ring is 1. The number of benzene rings is 2. The molecule has 0 saturated carbocycles. The largest absolute Gasteiger partial charge is 0.398 e. The molecule has 2 aromatic carbocycles. The fraction of sp³-hybridized carbons (Fsp3) is 0.0625. The van der Waals surface area contributed by atoms with Gasteiger partial charge in [-0.2, -0.15) is 0 Å². The third kappa shape index (κ3) is 2.30. The third-order valence-corrected chi connectivity index (χ3v) is 4.05. The lowest BCUT2D eigenvalue weighted by molar-refractivity contribution is 0.628. The summed E-state index contributed by atoms with van der Waals surface area (Å²) in [5.74, 6) is -0.249. The minimum Gasteiger partial charge on any atom is -0.398 e. The van der Waals surface area contributed by atoms with E-state index in [4.69, 9.17) is 5.73 Å². The molecule has 2 N–H and O–H groups in total. The van der Waals surface area contributed by atoms with Crippen molar-refractivity contribution < 1.29 is 4.39 Å². The van der Waals surface area contributed by atoms with Crippen molar-refractivity contribution in [2.24, 2.45) is 0 Å². The van der Waals surface area contributed by atoms with Crippen molar-refractivity contribution in [3.8, 4) is 21.8 Å². The number of halogens is 1. The molecule has 3 rings (SSSR count). The van der Waals surface area contributed by atoms with Crippen LogP contribution in [0, 0.1) is 12.7 Å². The highest BCUT2D eigenvalue weighted by molar-refractivity contribution is 7.13. The van der Waals surface area contributed by atoms with Gasteiger partial charge in [-0.3, -0.25) is 0 Å². The molecule has 20 heavy (non-hydrogen) atoms. The number of para-hydroxylation sites is 1. The van der Waals surface area contributed by atoms with Gasteiger partial charge in [0.05, 0.1) is 5.69 Å². The quantitative estimate of drug-likeness (QED) is 0.703. The molecule has 0 bridgehead atoms. The lowest BCUT2D eigenvalue weighted by Gasteiger charge is -2.03. The highest BCUT2D eigenvalue weighted by atomic mass is 32.1. The second-order valence-electron chi connectivity index (χ2n) is 4.58. The molecule has 0 atom stereocenters. The van der Waals surface area contributed by atoms with Crippen LogP contribution in [0.4, 0.5) is 10.1 Å². The number of hydrogen-bond acceptors (Lipinski definition) is 3. The number of rotatable bonds is 2. The van der Waals surface area contributed by atoms with Gasteiger partial charge in [-0.1, -0.05) is 24.3 Å². The first-order valence-electron chi connectivity index (χ1n) is 6.22. The van der Waals surface area contributed by atoms with Crippen LogP contribution in [0.15, 0.2) is 47.8 Å². The molecule has 100 valence electrons. The maximum absolute atomic E-state index is 13.4. The second-order valence-corrected chi connectivity index (χ2v) is 5.44. The van der Waals surface area contributed by atoms with Gasteiger partial charge in [0.2, 0.25) is 0 Å². The molecule has 0 aliphatic carbocycles. The zero-order chi connectivity index (χ0) is 14.1. The van der Waals surface area contributed by atoms with Crippen molar-refractivity contribution in [2.75, 3.05) is 5.73 Å². The van der Waals surface area contributed by atoms with Gasteiger partial charge >= 0.3 is 0 Å². The van der Waals surface area contributed by atoms with Crippen LogP contribution in [0.3, 0.4) is 0 Å². The molecular weight excluding hydrogens is 271 g/mol. The van der Waals surface area contributed by atoms with Crippen LogP contribution in [-0.4, -0.2) is 4.98 Å². The Hall–Kier alpha value is -2.20. The molecule has 0 fully saturated rings. The summed E-state index contributed by atoms with van der Waals surface area (Å²) in [6, 6.07) is 12.4. The monoisotopic (exact) mass is 284 g/mol. The zero-order valence-corrected chi connectivity index (χ0v) is 11.7. The standard InChI is InChI=1S/C16H13FN2S/c1-10-6-7-11(17)8-13(10)16-19-15(9-20-16)12-4-2-3-5-14(12)18/h2-9H,18H2,1H3. The average Bonchev–Trinajstić information content (AvgIpc) is 2.91. The van der Waals surface area contributed by atoms with Crippen molar-refractivity contribution in [1.82, 2.24) is 4.98 Å². The van der Waals surface area contributed by atoms with Gasteiger partial charge in [-0.25, -0.2) is 9.37 Å². The van der Waals surface area contributed by atoms with E-state index in [1.807, 2.05) is 36.6 Å². The van der Waals surface area contributed by atoms with Crippen molar-refractivity contribution in [3.05, 3.63) is 59.2 Å². The molecule has 2 nitrogen and oxygen atoms in total. The van der Waals surface area contributed by atoms with Crippen molar-refractivity contribution in [1.29, 1.82) is 0 Å². The van der Waals surface area contributed by atoms with Crippen molar-refractivity contribution in [3.63, 3.8) is 0 Å². The van der Waals surface area contributed by atoms with E-state index in [1.54, 1.807) is 6.07 Å². The van der Waals surface area contributed by atoms with Gasteiger partial charge in [0.15, 0.2) is 0 Å². The van der Waals surface area contributed by atoms with Crippen LogP contribution in [0.1, 0.15) is 5.56 Å². The van der Waals surface area contributed by atoms with E-state index < -0.39 is 0 Å². The topological polar surface area (TPSA) is 38.9 Å². The Morgan fingerprint density at radius 2 is 1.90 bits per heavy atom. The fourth-order valence-corrected chi connectivity index (χ4v) is 2.98. The van der Waals surface area contributed by atoms with Crippen molar-refractivity contribution >= 4 is 17.0 Å². The maximum Gasteiger partial charge on any atom is 0.124 e. The van der Waals surface area contributed by atoms with E-state index in [2.05, 4.69) is 4.98 Å². The molecule has 4 heteroatoms. The molecule has 0 radical (unpaired) electrons. The summed E-state index contributed by atoms with van der Waals surface area (Å²) in [7, 11) is 0. The summed E-state index contributed by atoms with van der Waals surface area (Å²) < 4.78 is 13.4. The number of nitrogens with zero attached hydrogens (tertiary/aromatic N) is 1. The maximum atomic E-state index is 13.4. The molecule has 0 amide bonds. The lowest BCUT2D eigenvalue weighted by atomic mass is 10.1. The molecule has 0 saturated heterocycles. The Labute approximate surface area is 120 Å². The third-order valence-electron chi connectivity index (χ3n) is 3.17. The Morgan fingerprint density at radius 3 is 2.70 bits per heavy atom. The average molecular weight is 284 g/mol. The van der Waals surface area contributed by atoms with E-state index in [9.17, 15) is 4.39 Å². The number of nitrogens with two attached hydrogens (primary N) is 1. The van der Waals surface area contributed by atoms with E-state index in [1.165, 1.54) is 23.5 Å². The van der Waals surface area contributed by atoms with Gasteiger partial charge in [-0.15, -0.1) is 11.3 Å². The highest BCUT2D eigenvalue weighted by Gasteiger charge is 2.11. The summed E-state index contributed by atoms with van der Waals surface area (Å²) in [5.41, 5.74) is 10.2. The summed E-state index contributed by atoms with van der Waals surface area (Å²) in [6.07, 6.45) is 0. The van der Waals surface area contributed by atoms with Gasteiger partial charge in [0.25, 0.3) is 0 Å². The Morgan fingerprint density at radius 1 is 1.10 bits per heavy atom. The molecule has 1 aromatic heterocycles. The van der Waals surface area contributed by atoms with Crippen LogP contribution in [0.2, 0.25) is 0 Å². The van der Waals surface area contributed by atoms with Crippen LogP contribution in [0.25, 0.3) is 21.8 Å². The van der Waals surface area contributed by atoms with Gasteiger partial charge in [0.1, 0.15) is 10.8 Å². The van der Waals surface area contributed by atoms with Crippen molar-refractivity contribution in [2.45, 2.75) is 6.92 Å². The normalized spacial score (nSPS) is 10.7. The molecule has 0 aliphatic heterocycles. The number of anilines is 1. The molecule has 1 heterocycles. The fourth-order valence-electron chi connectivity index (χ4n) is 2.08. The van der Waals surface area contributed by atoms with Crippen LogP contribution < -0.4 is 5.73 Å². The first-order chi connectivity index (χ1) is 9.65. The minimum absolute atomic E-state index is 0.249. The minimum atomic E-state index is -0.249. The van der Waals surface area contributed by atoms with Crippen LogP contribution >= 0.6 is 11.3 Å². The summed E-state index contributed by atoms with van der Waals surface area (Å²) in [4.78, 5) is 4.59. The SMILES string of the molecule is Cc1ccc(F)cc1-c1nc(-c2ccccc2N)cs1. The van der Waals surface area contributed by atoms with Crippen LogP contribution in [-0.2, 0) is 0 Å². The first-order valence-corrected chi connectivity index (χ1v) is 7.10. The van der Waals surface area contributed by atoms with Gasteiger partial charge < -0.3 is 5.73 Å². The smallest absolute Gasteiger partial charge is 0.124 e. The molecular formula is C16H13FN2S. The Bertz CT molecular complexity index is 765. The summed E-state index contributed by atoms with van der Waals surface area (Å²) in [6.45, 7) is 1.95. The summed E-state index contributed by atoms with van der Waals surface area (Å²) >= 11 is 1.50. The molecule has 0 spiro atoms. The molecule has 3 aromatic rings. The number of thiazole rings is 1. The molecule has 0 aliphatic rings. The number of hydrogen-bond donors (Lipinski definition) is 1. The predicted molar refractivity (Wildman–Crippen MR) is 82.1 cm³/mol. The lowest BCUT2D eigenvalue weighted by Crippen LogP contribution is -1.89. The highest BCUT2D eigenvalue weighted by Crippen LogP contribution is 2.33.